The molecule has 5 nitrogen and oxygen atoms in total. The van der Waals surface area contributed by atoms with Crippen molar-refractivity contribution in [3.05, 3.63) is 64.4 Å². The molecule has 124 valence electrons. The molecule has 0 aromatic heterocycles. The summed E-state index contributed by atoms with van der Waals surface area (Å²) in [7, 11) is -3.03. The van der Waals surface area contributed by atoms with E-state index < -0.39 is 26.5 Å². The van der Waals surface area contributed by atoms with Gasteiger partial charge in [0, 0.05) is 16.9 Å². The Morgan fingerprint density at radius 1 is 1.21 bits per heavy atom. The summed E-state index contributed by atoms with van der Waals surface area (Å²) in [6, 6.07) is 9.75. The van der Waals surface area contributed by atoms with Crippen molar-refractivity contribution in [1.29, 1.82) is 0 Å². The number of nitrogens with zero attached hydrogens (tertiary/aromatic N) is 1. The van der Waals surface area contributed by atoms with Crippen molar-refractivity contribution in [2.24, 2.45) is 0 Å². The summed E-state index contributed by atoms with van der Waals surface area (Å²) in [6.45, 7) is 0. The van der Waals surface area contributed by atoms with Gasteiger partial charge in [-0.25, -0.2) is 17.6 Å². The average Bonchev–Trinajstić information content (AvgIpc) is 2.54. The number of hydrogen-bond acceptors (Lipinski definition) is 5. The van der Waals surface area contributed by atoms with Crippen molar-refractivity contribution in [3.63, 3.8) is 0 Å². The van der Waals surface area contributed by atoms with Gasteiger partial charge in [-0.05, 0) is 36.4 Å². The van der Waals surface area contributed by atoms with Gasteiger partial charge in [-0.3, -0.25) is 0 Å². The molecule has 0 atom stereocenters. The molecule has 0 aliphatic carbocycles. The third-order valence-corrected chi connectivity index (χ3v) is 5.49. The van der Waals surface area contributed by atoms with Crippen LogP contribution in [0, 0.1) is 5.82 Å². The fourth-order valence-corrected chi connectivity index (χ4v) is 4.03. The number of ether oxygens (including phenoxy) is 1. The number of anilines is 2. The standard InChI is InChI=1S/C16H11ClFNO4S/c1-23-16(20)15-9-19(12-4-2-3-10(17)7-12)13-8-11(18)5-6-14(13)24(15,21)22/h2-9H,1H3. The summed E-state index contributed by atoms with van der Waals surface area (Å²) in [5.74, 6) is -1.61. The Morgan fingerprint density at radius 3 is 2.62 bits per heavy atom. The highest BCUT2D eigenvalue weighted by atomic mass is 35.5. The molecule has 0 fully saturated rings. The molecule has 1 aliphatic heterocycles. The number of carbonyl (C=O) groups excluding carboxylic acids is 1. The molecule has 3 rings (SSSR count). The number of halogens is 2. The molecule has 8 heteroatoms. The van der Waals surface area contributed by atoms with Crippen LogP contribution in [0.5, 0.6) is 0 Å². The van der Waals surface area contributed by atoms with E-state index in [2.05, 4.69) is 4.74 Å². The number of esters is 1. The zero-order chi connectivity index (χ0) is 17.5. The third-order valence-electron chi connectivity index (χ3n) is 3.48. The maximum atomic E-state index is 13.7. The van der Waals surface area contributed by atoms with Crippen molar-refractivity contribution >= 4 is 38.8 Å². The van der Waals surface area contributed by atoms with E-state index in [0.29, 0.717) is 10.7 Å². The minimum atomic E-state index is -4.12. The minimum absolute atomic E-state index is 0.0879. The van der Waals surface area contributed by atoms with Gasteiger partial charge < -0.3 is 9.64 Å². The topological polar surface area (TPSA) is 63.7 Å². The summed E-state index contributed by atoms with van der Waals surface area (Å²) in [4.78, 5) is 12.6. The fraction of sp³-hybridized carbons (Fsp3) is 0.0625. The van der Waals surface area contributed by atoms with Gasteiger partial charge in [0.15, 0.2) is 4.91 Å². The molecular formula is C16H11ClFNO4S. The lowest BCUT2D eigenvalue weighted by atomic mass is 10.2. The van der Waals surface area contributed by atoms with Gasteiger partial charge in [0.1, 0.15) is 5.82 Å². The smallest absolute Gasteiger partial charge is 0.351 e. The second-order valence-corrected chi connectivity index (χ2v) is 7.27. The molecule has 1 aliphatic rings. The monoisotopic (exact) mass is 367 g/mol. The Bertz CT molecular complexity index is 972. The van der Waals surface area contributed by atoms with E-state index in [9.17, 15) is 17.6 Å². The highest BCUT2D eigenvalue weighted by Crippen LogP contribution is 2.40. The largest absolute Gasteiger partial charge is 0.465 e. The fourth-order valence-electron chi connectivity index (χ4n) is 2.38. The highest BCUT2D eigenvalue weighted by molar-refractivity contribution is 7.96. The van der Waals surface area contributed by atoms with Crippen LogP contribution < -0.4 is 4.90 Å². The van der Waals surface area contributed by atoms with E-state index in [1.165, 1.54) is 4.90 Å². The van der Waals surface area contributed by atoms with Gasteiger partial charge in [0.05, 0.1) is 17.7 Å². The maximum Gasteiger partial charge on any atom is 0.351 e. The normalized spacial score (nSPS) is 15.5. The number of benzene rings is 2. The molecule has 0 radical (unpaired) electrons. The molecule has 0 spiro atoms. The molecule has 0 amide bonds. The number of fused-ring (bicyclic) bond motifs is 1. The lowest BCUT2D eigenvalue weighted by Crippen LogP contribution is -2.26. The molecule has 0 saturated carbocycles. The Kier molecular flexibility index (Phi) is 4.06. The zero-order valence-electron chi connectivity index (χ0n) is 12.4. The van der Waals surface area contributed by atoms with E-state index in [0.717, 1.165) is 31.5 Å². The van der Waals surface area contributed by atoms with Crippen molar-refractivity contribution < 1.29 is 22.3 Å². The van der Waals surface area contributed by atoms with Crippen LogP contribution in [0.3, 0.4) is 0 Å². The number of sulfone groups is 1. The Morgan fingerprint density at radius 2 is 1.96 bits per heavy atom. The van der Waals surface area contributed by atoms with Crippen molar-refractivity contribution in [2.75, 3.05) is 12.0 Å². The number of carbonyl (C=O) groups is 1. The predicted molar refractivity (Wildman–Crippen MR) is 87.3 cm³/mol. The Labute approximate surface area is 142 Å². The maximum absolute atomic E-state index is 13.7. The van der Waals surface area contributed by atoms with Crippen molar-refractivity contribution in [1.82, 2.24) is 0 Å². The summed E-state index contributed by atoms with van der Waals surface area (Å²) in [6.07, 6.45) is 1.11. The Balaban J connectivity index is 2.31. The molecule has 0 bridgehead atoms. The van der Waals surface area contributed by atoms with Crippen LogP contribution in [0.2, 0.25) is 5.02 Å². The van der Waals surface area contributed by atoms with Crippen LogP contribution in [0.15, 0.2) is 58.5 Å². The summed E-state index contributed by atoms with van der Waals surface area (Å²) in [5.41, 5.74) is 0.565. The molecule has 0 saturated heterocycles. The third kappa shape index (κ3) is 2.65. The van der Waals surface area contributed by atoms with Crippen LogP contribution in [-0.4, -0.2) is 21.5 Å². The quantitative estimate of drug-likeness (QED) is 0.601. The second kappa shape index (κ2) is 5.92. The van der Waals surface area contributed by atoms with Crippen LogP contribution in [0.25, 0.3) is 0 Å². The van der Waals surface area contributed by atoms with E-state index in [1.807, 2.05) is 0 Å². The van der Waals surface area contributed by atoms with Gasteiger partial charge in [-0.1, -0.05) is 17.7 Å². The first kappa shape index (κ1) is 16.5. The summed E-state index contributed by atoms with van der Waals surface area (Å²) >= 11 is 5.97. The molecule has 0 unspecified atom stereocenters. The van der Waals surface area contributed by atoms with Gasteiger partial charge >= 0.3 is 5.97 Å². The van der Waals surface area contributed by atoms with E-state index in [4.69, 9.17) is 11.6 Å². The SMILES string of the molecule is COC(=O)C1=CN(c2cccc(Cl)c2)c2cc(F)ccc2S1(=O)=O. The number of rotatable bonds is 2. The van der Waals surface area contributed by atoms with Crippen molar-refractivity contribution in [2.45, 2.75) is 4.90 Å². The number of methoxy groups -OCH3 is 1. The second-order valence-electron chi connectivity index (χ2n) is 4.95. The molecular weight excluding hydrogens is 357 g/mol. The summed E-state index contributed by atoms with van der Waals surface area (Å²) < 4.78 is 43.5. The molecule has 1 heterocycles. The predicted octanol–water partition coefficient (Wildman–Crippen LogP) is 3.42. The van der Waals surface area contributed by atoms with E-state index in [1.54, 1.807) is 24.3 Å². The first-order chi connectivity index (χ1) is 11.3. The zero-order valence-corrected chi connectivity index (χ0v) is 13.9. The van der Waals surface area contributed by atoms with Crippen molar-refractivity contribution in [3.8, 4) is 0 Å². The lowest BCUT2D eigenvalue weighted by Gasteiger charge is -2.28. The van der Waals surface area contributed by atoms with Crippen LogP contribution in [-0.2, 0) is 19.4 Å². The molecule has 2 aromatic carbocycles. The molecule has 24 heavy (non-hydrogen) atoms. The van der Waals surface area contributed by atoms with Crippen LogP contribution in [0.4, 0.5) is 15.8 Å². The van der Waals surface area contributed by atoms with E-state index >= 15 is 0 Å². The first-order valence-electron chi connectivity index (χ1n) is 6.74. The number of hydrogen-bond donors (Lipinski definition) is 0. The van der Waals surface area contributed by atoms with Gasteiger partial charge in [-0.2, -0.15) is 0 Å². The lowest BCUT2D eigenvalue weighted by molar-refractivity contribution is -0.135. The average molecular weight is 368 g/mol. The van der Waals surface area contributed by atoms with Gasteiger partial charge in [-0.15, -0.1) is 0 Å². The van der Waals surface area contributed by atoms with E-state index in [-0.39, 0.29) is 10.6 Å². The molecule has 0 N–H and O–H groups in total. The van der Waals surface area contributed by atoms with Gasteiger partial charge in [0.2, 0.25) is 9.84 Å². The van der Waals surface area contributed by atoms with Crippen LogP contribution in [0.1, 0.15) is 0 Å². The minimum Gasteiger partial charge on any atom is -0.465 e. The Hall–Kier alpha value is -2.38. The molecule has 2 aromatic rings. The first-order valence-corrected chi connectivity index (χ1v) is 8.60. The van der Waals surface area contributed by atoms with Gasteiger partial charge in [0.25, 0.3) is 0 Å². The van der Waals surface area contributed by atoms with Crippen LogP contribution >= 0.6 is 11.6 Å². The summed E-state index contributed by atoms with van der Waals surface area (Å²) in [5, 5.41) is 0.409. The highest BCUT2D eigenvalue weighted by Gasteiger charge is 2.36.